The van der Waals surface area contributed by atoms with Crippen LogP contribution in [0.5, 0.6) is 0 Å². The minimum atomic E-state index is -0.780. The zero-order valence-electron chi connectivity index (χ0n) is 13.9. The number of carbonyl (C=O) groups is 1. The molecule has 2 unspecified atom stereocenters. The molecule has 0 aromatic carbocycles. The standard InChI is InChI=1S/C17H23FN4O2/c1-2-13-14(18)15(23)20-17(19-13)22-8-11-6-21(7-12(11)9-22)16(24)10-4-3-5-10/h10-12H,2-9H2,1H3,(H,19,20,23). The molecule has 0 radical (unpaired) electrons. The molecule has 3 fully saturated rings. The minimum Gasteiger partial charge on any atom is -0.342 e. The van der Waals surface area contributed by atoms with Crippen LogP contribution in [0.3, 0.4) is 0 Å². The Bertz CT molecular complexity index is 701. The van der Waals surface area contributed by atoms with Gasteiger partial charge in [-0.1, -0.05) is 13.3 Å². The van der Waals surface area contributed by atoms with Gasteiger partial charge in [-0.3, -0.25) is 14.6 Å². The average Bonchev–Trinajstić information content (AvgIpc) is 3.06. The van der Waals surface area contributed by atoms with Crippen LogP contribution in [0.25, 0.3) is 0 Å². The summed E-state index contributed by atoms with van der Waals surface area (Å²) in [6, 6.07) is 0. The number of nitrogens with one attached hydrogen (secondary N) is 1. The highest BCUT2D eigenvalue weighted by Crippen LogP contribution is 2.36. The highest BCUT2D eigenvalue weighted by molar-refractivity contribution is 5.80. The van der Waals surface area contributed by atoms with Crippen molar-refractivity contribution in [3.8, 4) is 0 Å². The Hall–Kier alpha value is -1.92. The fraction of sp³-hybridized carbons (Fsp3) is 0.706. The molecular weight excluding hydrogens is 311 g/mol. The molecular formula is C17H23FN4O2. The SMILES string of the molecule is CCc1nc(N2CC3CN(C(=O)C4CCC4)CC3C2)[nH]c(=O)c1F. The number of aromatic amines is 1. The number of hydrogen-bond donors (Lipinski definition) is 1. The molecule has 130 valence electrons. The average molecular weight is 334 g/mol. The van der Waals surface area contributed by atoms with Gasteiger partial charge in [0.1, 0.15) is 0 Å². The first kappa shape index (κ1) is 15.6. The summed E-state index contributed by atoms with van der Waals surface area (Å²) in [6.07, 6.45) is 3.65. The number of carbonyl (C=O) groups excluding carboxylic acids is 1. The number of rotatable bonds is 3. The summed E-state index contributed by atoms with van der Waals surface area (Å²) in [5.74, 6) is 1.08. The van der Waals surface area contributed by atoms with E-state index in [0.29, 0.717) is 30.1 Å². The van der Waals surface area contributed by atoms with E-state index in [1.807, 2.05) is 9.80 Å². The predicted octanol–water partition coefficient (Wildman–Crippen LogP) is 1.17. The van der Waals surface area contributed by atoms with Gasteiger partial charge in [-0.05, 0) is 19.3 Å². The highest BCUT2D eigenvalue weighted by atomic mass is 19.1. The first-order chi connectivity index (χ1) is 11.6. The van der Waals surface area contributed by atoms with Gasteiger partial charge in [0.2, 0.25) is 17.7 Å². The third-order valence-electron chi connectivity index (χ3n) is 5.81. The monoisotopic (exact) mass is 334 g/mol. The number of aromatic nitrogens is 2. The molecule has 1 N–H and O–H groups in total. The van der Waals surface area contributed by atoms with Crippen molar-refractivity contribution < 1.29 is 9.18 Å². The normalized spacial score (nSPS) is 26.6. The topological polar surface area (TPSA) is 69.3 Å². The Kier molecular flexibility index (Phi) is 3.81. The van der Waals surface area contributed by atoms with Crippen molar-refractivity contribution in [1.29, 1.82) is 0 Å². The highest BCUT2D eigenvalue weighted by Gasteiger charge is 2.44. The van der Waals surface area contributed by atoms with Crippen LogP contribution < -0.4 is 10.5 Å². The van der Waals surface area contributed by atoms with Gasteiger partial charge in [0, 0.05) is 43.9 Å². The van der Waals surface area contributed by atoms with Crippen LogP contribution in [0.15, 0.2) is 4.79 Å². The lowest BCUT2D eigenvalue weighted by Gasteiger charge is -2.30. The number of amides is 1. The van der Waals surface area contributed by atoms with Crippen LogP contribution in [0.1, 0.15) is 31.9 Å². The molecule has 3 heterocycles. The number of aryl methyl sites for hydroxylation is 1. The molecule has 6 nitrogen and oxygen atoms in total. The molecule has 7 heteroatoms. The molecule has 1 amide bonds. The van der Waals surface area contributed by atoms with Crippen LogP contribution in [0, 0.1) is 23.6 Å². The third kappa shape index (κ3) is 2.50. The first-order valence-corrected chi connectivity index (χ1v) is 8.89. The summed E-state index contributed by atoms with van der Waals surface area (Å²) in [7, 11) is 0. The molecule has 2 saturated heterocycles. The second-order valence-corrected chi connectivity index (χ2v) is 7.30. The zero-order chi connectivity index (χ0) is 16.8. The second kappa shape index (κ2) is 5.86. The summed E-state index contributed by atoms with van der Waals surface area (Å²) in [6.45, 7) is 4.90. The van der Waals surface area contributed by atoms with E-state index in [1.54, 1.807) is 6.92 Å². The van der Waals surface area contributed by atoms with Crippen molar-refractivity contribution in [2.24, 2.45) is 17.8 Å². The number of likely N-dealkylation sites (tertiary alicyclic amines) is 1. The van der Waals surface area contributed by atoms with Crippen molar-refractivity contribution in [2.75, 3.05) is 31.1 Å². The van der Waals surface area contributed by atoms with Crippen molar-refractivity contribution in [2.45, 2.75) is 32.6 Å². The fourth-order valence-electron chi connectivity index (χ4n) is 4.14. The van der Waals surface area contributed by atoms with E-state index in [2.05, 4.69) is 9.97 Å². The largest absolute Gasteiger partial charge is 0.342 e. The second-order valence-electron chi connectivity index (χ2n) is 7.30. The van der Waals surface area contributed by atoms with Gasteiger partial charge in [0.05, 0.1) is 5.69 Å². The van der Waals surface area contributed by atoms with Gasteiger partial charge in [0.15, 0.2) is 0 Å². The molecule has 3 aliphatic rings. The lowest BCUT2D eigenvalue weighted by atomic mass is 9.84. The van der Waals surface area contributed by atoms with Crippen molar-refractivity contribution >= 4 is 11.9 Å². The summed E-state index contributed by atoms with van der Waals surface area (Å²) >= 11 is 0. The molecule has 0 bridgehead atoms. The smallest absolute Gasteiger partial charge is 0.288 e. The molecule has 1 saturated carbocycles. The lowest BCUT2D eigenvalue weighted by molar-refractivity contribution is -0.137. The van der Waals surface area contributed by atoms with Crippen molar-refractivity contribution in [3.63, 3.8) is 0 Å². The summed E-state index contributed by atoms with van der Waals surface area (Å²) in [5.41, 5.74) is -0.483. The van der Waals surface area contributed by atoms with Gasteiger partial charge in [-0.25, -0.2) is 4.98 Å². The lowest BCUT2D eigenvalue weighted by Crippen LogP contribution is -2.39. The Labute approximate surface area is 140 Å². The van der Waals surface area contributed by atoms with E-state index in [0.717, 1.165) is 39.0 Å². The predicted molar refractivity (Wildman–Crippen MR) is 87.3 cm³/mol. The van der Waals surface area contributed by atoms with Gasteiger partial charge in [0.25, 0.3) is 5.56 Å². The maximum Gasteiger partial charge on any atom is 0.288 e. The number of anilines is 1. The van der Waals surface area contributed by atoms with E-state index in [4.69, 9.17) is 0 Å². The number of fused-ring (bicyclic) bond motifs is 1. The third-order valence-corrected chi connectivity index (χ3v) is 5.81. The molecule has 2 atom stereocenters. The molecule has 0 spiro atoms. The Balaban J connectivity index is 1.45. The Morgan fingerprint density at radius 3 is 2.46 bits per heavy atom. The maximum absolute atomic E-state index is 13.7. The number of halogens is 1. The quantitative estimate of drug-likeness (QED) is 0.901. The van der Waals surface area contributed by atoms with Crippen LogP contribution in [0.4, 0.5) is 10.3 Å². The van der Waals surface area contributed by atoms with Gasteiger partial charge in [-0.15, -0.1) is 0 Å². The fourth-order valence-corrected chi connectivity index (χ4v) is 4.14. The summed E-state index contributed by atoms with van der Waals surface area (Å²) < 4.78 is 13.7. The van der Waals surface area contributed by atoms with Crippen LogP contribution in [0.2, 0.25) is 0 Å². The van der Waals surface area contributed by atoms with Crippen molar-refractivity contribution in [3.05, 3.63) is 21.9 Å². The Morgan fingerprint density at radius 1 is 1.25 bits per heavy atom. The zero-order valence-corrected chi connectivity index (χ0v) is 13.9. The van der Waals surface area contributed by atoms with Crippen LogP contribution in [-0.4, -0.2) is 47.0 Å². The molecule has 1 aromatic rings. The van der Waals surface area contributed by atoms with Crippen LogP contribution >= 0.6 is 0 Å². The van der Waals surface area contributed by atoms with E-state index in [1.165, 1.54) is 6.42 Å². The van der Waals surface area contributed by atoms with Crippen molar-refractivity contribution in [1.82, 2.24) is 14.9 Å². The molecule has 1 aromatic heterocycles. The van der Waals surface area contributed by atoms with E-state index < -0.39 is 11.4 Å². The van der Waals surface area contributed by atoms with Gasteiger partial charge in [-0.2, -0.15) is 4.39 Å². The summed E-state index contributed by atoms with van der Waals surface area (Å²) in [4.78, 5) is 35.0. The number of hydrogen-bond acceptors (Lipinski definition) is 4. The minimum absolute atomic E-state index is 0.215. The van der Waals surface area contributed by atoms with Crippen LogP contribution in [-0.2, 0) is 11.2 Å². The first-order valence-electron chi connectivity index (χ1n) is 8.89. The molecule has 2 aliphatic heterocycles. The van der Waals surface area contributed by atoms with Gasteiger partial charge >= 0.3 is 0 Å². The number of nitrogens with zero attached hydrogens (tertiary/aromatic N) is 3. The number of H-pyrrole nitrogens is 1. The van der Waals surface area contributed by atoms with Gasteiger partial charge < -0.3 is 9.80 Å². The summed E-state index contributed by atoms with van der Waals surface area (Å²) in [5, 5.41) is 0. The van der Waals surface area contributed by atoms with E-state index in [-0.39, 0.29) is 11.6 Å². The molecule has 4 rings (SSSR count). The maximum atomic E-state index is 13.7. The molecule has 24 heavy (non-hydrogen) atoms. The van der Waals surface area contributed by atoms with E-state index in [9.17, 15) is 14.0 Å². The Morgan fingerprint density at radius 2 is 1.92 bits per heavy atom. The molecule has 1 aliphatic carbocycles. The van der Waals surface area contributed by atoms with E-state index >= 15 is 0 Å².